The second-order valence-corrected chi connectivity index (χ2v) is 7.58. The maximum absolute atomic E-state index is 12.2. The molecule has 0 spiro atoms. The van der Waals surface area contributed by atoms with Gasteiger partial charge in [0.2, 0.25) is 10.0 Å². The zero-order chi connectivity index (χ0) is 15.7. The number of aliphatic hydroxyl groups is 1. The summed E-state index contributed by atoms with van der Waals surface area (Å²) in [7, 11) is -3.49. The first-order valence-electron chi connectivity index (χ1n) is 6.72. The lowest BCUT2D eigenvalue weighted by atomic mass is 10.2. The molecular formula is C15H21NO3S2. The first-order chi connectivity index (χ1) is 9.99. The molecule has 1 rings (SSSR count). The average molecular weight is 327 g/mol. The number of benzene rings is 1. The van der Waals surface area contributed by atoms with Crippen LogP contribution >= 0.6 is 11.8 Å². The van der Waals surface area contributed by atoms with E-state index in [1.165, 1.54) is 0 Å². The van der Waals surface area contributed by atoms with Crippen LogP contribution in [0, 0.1) is 11.8 Å². The van der Waals surface area contributed by atoms with Crippen molar-refractivity contribution in [1.82, 2.24) is 4.72 Å². The molecule has 21 heavy (non-hydrogen) atoms. The molecule has 0 radical (unpaired) electrons. The molecule has 1 aromatic rings. The van der Waals surface area contributed by atoms with Crippen LogP contribution in [0.4, 0.5) is 0 Å². The van der Waals surface area contributed by atoms with Gasteiger partial charge in [0.25, 0.3) is 0 Å². The van der Waals surface area contributed by atoms with Gasteiger partial charge in [-0.25, -0.2) is 13.1 Å². The summed E-state index contributed by atoms with van der Waals surface area (Å²) in [6.45, 7) is 2.49. The van der Waals surface area contributed by atoms with Gasteiger partial charge in [0.15, 0.2) is 0 Å². The van der Waals surface area contributed by atoms with E-state index in [1.54, 1.807) is 36.0 Å². The fraction of sp³-hybridized carbons (Fsp3) is 0.467. The molecule has 1 atom stereocenters. The van der Waals surface area contributed by atoms with Crippen molar-refractivity contribution in [3.63, 3.8) is 0 Å². The van der Waals surface area contributed by atoms with Gasteiger partial charge in [-0.05, 0) is 30.9 Å². The van der Waals surface area contributed by atoms with Crippen molar-refractivity contribution < 1.29 is 13.5 Å². The van der Waals surface area contributed by atoms with Crippen LogP contribution in [0.15, 0.2) is 29.2 Å². The fourth-order valence-electron chi connectivity index (χ4n) is 1.56. The summed E-state index contributed by atoms with van der Waals surface area (Å²) in [4.78, 5) is 0.218. The molecule has 0 aromatic heterocycles. The van der Waals surface area contributed by atoms with Crippen molar-refractivity contribution in [2.75, 3.05) is 19.4 Å². The molecule has 4 nitrogen and oxygen atoms in total. The summed E-state index contributed by atoms with van der Waals surface area (Å²) in [5.74, 6) is 5.61. The van der Waals surface area contributed by atoms with Gasteiger partial charge in [-0.15, -0.1) is 0 Å². The Labute approximate surface area is 131 Å². The van der Waals surface area contributed by atoms with E-state index < -0.39 is 10.0 Å². The lowest BCUT2D eigenvalue weighted by molar-refractivity contribution is 0.305. The Bertz CT molecular complexity index is 603. The summed E-state index contributed by atoms with van der Waals surface area (Å²) in [5, 5.41) is 9.10. The molecule has 1 unspecified atom stereocenters. The van der Waals surface area contributed by atoms with E-state index >= 15 is 0 Å². The molecule has 0 aliphatic heterocycles. The number of sulfonamides is 1. The SMILES string of the molecule is CSC(C)CCNS(=O)(=O)c1cccc(C#CCCO)c1. The van der Waals surface area contributed by atoms with Crippen LogP contribution in [0.25, 0.3) is 0 Å². The zero-order valence-electron chi connectivity index (χ0n) is 12.3. The Kier molecular flexibility index (Phi) is 7.83. The largest absolute Gasteiger partial charge is 0.395 e. The maximum atomic E-state index is 12.2. The minimum absolute atomic E-state index is 0.000168. The molecule has 0 aliphatic carbocycles. The third-order valence-electron chi connectivity index (χ3n) is 2.86. The standard InChI is InChI=1S/C15H21NO3S2/c1-13(20-2)9-10-16-21(18,19)15-8-5-7-14(12-15)6-3-4-11-17/h5,7-8,12-13,16-17H,4,9-11H2,1-2H3. The van der Waals surface area contributed by atoms with E-state index in [-0.39, 0.29) is 11.5 Å². The summed E-state index contributed by atoms with van der Waals surface area (Å²) in [6, 6.07) is 6.52. The molecule has 2 N–H and O–H groups in total. The van der Waals surface area contributed by atoms with E-state index in [4.69, 9.17) is 5.11 Å². The molecule has 0 saturated heterocycles. The Hall–Kier alpha value is -1.00. The molecule has 0 aliphatic rings. The van der Waals surface area contributed by atoms with Crippen LogP contribution in [-0.2, 0) is 10.0 Å². The van der Waals surface area contributed by atoms with Gasteiger partial charge < -0.3 is 5.11 Å². The van der Waals surface area contributed by atoms with Crippen LogP contribution in [0.5, 0.6) is 0 Å². The molecule has 116 valence electrons. The van der Waals surface area contributed by atoms with Crippen LogP contribution in [0.1, 0.15) is 25.3 Å². The average Bonchev–Trinajstić information content (AvgIpc) is 2.47. The Morgan fingerprint density at radius 2 is 2.19 bits per heavy atom. The van der Waals surface area contributed by atoms with Crippen LogP contribution in [-0.4, -0.2) is 38.2 Å². The van der Waals surface area contributed by atoms with Crippen molar-refractivity contribution in [1.29, 1.82) is 0 Å². The normalized spacial score (nSPS) is 12.5. The molecule has 0 fully saturated rings. The highest BCUT2D eigenvalue weighted by molar-refractivity contribution is 7.99. The second kappa shape index (κ2) is 9.11. The lowest BCUT2D eigenvalue weighted by Crippen LogP contribution is -2.26. The summed E-state index contributed by atoms with van der Waals surface area (Å²) >= 11 is 1.71. The van der Waals surface area contributed by atoms with Crippen molar-refractivity contribution in [3.05, 3.63) is 29.8 Å². The molecule has 0 saturated carbocycles. The fourth-order valence-corrected chi connectivity index (χ4v) is 3.01. The van der Waals surface area contributed by atoms with Gasteiger partial charge >= 0.3 is 0 Å². The second-order valence-electron chi connectivity index (χ2n) is 4.54. The molecule has 0 heterocycles. The van der Waals surface area contributed by atoms with Crippen LogP contribution in [0.2, 0.25) is 0 Å². The van der Waals surface area contributed by atoms with Crippen molar-refractivity contribution >= 4 is 21.8 Å². The Morgan fingerprint density at radius 3 is 2.86 bits per heavy atom. The molecule has 0 bridgehead atoms. The van der Waals surface area contributed by atoms with E-state index in [9.17, 15) is 8.42 Å². The van der Waals surface area contributed by atoms with E-state index in [2.05, 4.69) is 23.5 Å². The monoisotopic (exact) mass is 327 g/mol. The highest BCUT2D eigenvalue weighted by Crippen LogP contribution is 2.12. The topological polar surface area (TPSA) is 66.4 Å². The van der Waals surface area contributed by atoms with Crippen LogP contribution in [0.3, 0.4) is 0 Å². The van der Waals surface area contributed by atoms with E-state index in [0.29, 0.717) is 23.8 Å². The maximum Gasteiger partial charge on any atom is 0.240 e. The number of nitrogens with one attached hydrogen (secondary N) is 1. The number of hydrogen-bond acceptors (Lipinski definition) is 4. The predicted molar refractivity (Wildman–Crippen MR) is 87.8 cm³/mol. The van der Waals surface area contributed by atoms with Gasteiger partial charge in [-0.2, -0.15) is 11.8 Å². The summed E-state index contributed by atoms with van der Waals surface area (Å²) < 4.78 is 27.0. The zero-order valence-corrected chi connectivity index (χ0v) is 13.9. The number of hydrogen-bond donors (Lipinski definition) is 2. The molecular weight excluding hydrogens is 306 g/mol. The first kappa shape index (κ1) is 18.1. The number of aliphatic hydroxyl groups excluding tert-OH is 1. The quantitative estimate of drug-likeness (QED) is 0.750. The Morgan fingerprint density at radius 1 is 1.43 bits per heavy atom. The Balaban J connectivity index is 2.75. The van der Waals surface area contributed by atoms with Gasteiger partial charge in [0.1, 0.15) is 0 Å². The third-order valence-corrected chi connectivity index (χ3v) is 5.36. The first-order valence-corrected chi connectivity index (χ1v) is 9.49. The van der Waals surface area contributed by atoms with Gasteiger partial charge in [0, 0.05) is 23.8 Å². The highest BCUT2D eigenvalue weighted by atomic mass is 32.2. The van der Waals surface area contributed by atoms with Gasteiger partial charge in [-0.1, -0.05) is 24.8 Å². The third kappa shape index (κ3) is 6.53. The van der Waals surface area contributed by atoms with Crippen molar-refractivity contribution in [2.45, 2.75) is 29.9 Å². The minimum atomic E-state index is -3.49. The van der Waals surface area contributed by atoms with Crippen LogP contribution < -0.4 is 4.72 Å². The molecule has 1 aromatic carbocycles. The van der Waals surface area contributed by atoms with Gasteiger partial charge in [-0.3, -0.25) is 0 Å². The number of thioether (sulfide) groups is 1. The smallest absolute Gasteiger partial charge is 0.240 e. The lowest BCUT2D eigenvalue weighted by Gasteiger charge is -2.10. The van der Waals surface area contributed by atoms with Gasteiger partial charge in [0.05, 0.1) is 11.5 Å². The van der Waals surface area contributed by atoms with E-state index in [0.717, 1.165) is 6.42 Å². The summed E-state index contributed by atoms with van der Waals surface area (Å²) in [5.41, 5.74) is 0.629. The predicted octanol–water partition coefficient (Wildman–Crippen LogP) is 1.84. The van der Waals surface area contributed by atoms with E-state index in [1.807, 2.05) is 6.26 Å². The molecule has 0 amide bonds. The highest BCUT2D eigenvalue weighted by Gasteiger charge is 2.14. The van der Waals surface area contributed by atoms with Crippen molar-refractivity contribution in [2.24, 2.45) is 0 Å². The van der Waals surface area contributed by atoms with Crippen molar-refractivity contribution in [3.8, 4) is 11.8 Å². The summed E-state index contributed by atoms with van der Waals surface area (Å²) in [6.07, 6.45) is 3.17. The molecule has 6 heteroatoms. The minimum Gasteiger partial charge on any atom is -0.395 e. The number of rotatable bonds is 7.